The van der Waals surface area contributed by atoms with E-state index in [2.05, 4.69) is 20.8 Å². The largest absolute Gasteiger partial charge is 0.341 e. The summed E-state index contributed by atoms with van der Waals surface area (Å²) in [6.45, 7) is 4.14. The molecule has 1 aromatic rings. The number of fused-ring (bicyclic) bond motifs is 2. The molecule has 3 rings (SSSR count). The molecule has 104 valence electrons. The SMILES string of the molecule is Cc1nnnn1CCC(=O)N1CC[C@H]2CC[C@@H](C1)N2. The molecule has 2 aliphatic heterocycles. The number of carbonyl (C=O) groups is 1. The molecule has 1 N–H and O–H groups in total. The lowest BCUT2D eigenvalue weighted by molar-refractivity contribution is -0.131. The molecule has 7 nitrogen and oxygen atoms in total. The van der Waals surface area contributed by atoms with E-state index in [1.165, 1.54) is 12.8 Å². The van der Waals surface area contributed by atoms with Crippen LogP contribution in [0.1, 0.15) is 31.5 Å². The highest BCUT2D eigenvalue weighted by Gasteiger charge is 2.30. The Kier molecular flexibility index (Phi) is 3.46. The van der Waals surface area contributed by atoms with Crippen molar-refractivity contribution >= 4 is 5.91 Å². The third-order valence-corrected chi connectivity index (χ3v) is 4.12. The van der Waals surface area contributed by atoms with Crippen LogP contribution in [-0.2, 0) is 11.3 Å². The molecule has 0 aromatic carbocycles. The maximum absolute atomic E-state index is 12.2. The fraction of sp³-hybridized carbons (Fsp3) is 0.833. The predicted molar refractivity (Wildman–Crippen MR) is 68.3 cm³/mol. The number of nitrogens with zero attached hydrogens (tertiary/aromatic N) is 5. The van der Waals surface area contributed by atoms with Crippen molar-refractivity contribution in [1.82, 2.24) is 30.4 Å². The van der Waals surface area contributed by atoms with Crippen molar-refractivity contribution in [2.24, 2.45) is 0 Å². The van der Waals surface area contributed by atoms with E-state index in [0.717, 1.165) is 25.3 Å². The smallest absolute Gasteiger partial charge is 0.224 e. The summed E-state index contributed by atoms with van der Waals surface area (Å²) in [5.41, 5.74) is 0. The Morgan fingerprint density at radius 2 is 2.21 bits per heavy atom. The van der Waals surface area contributed by atoms with Gasteiger partial charge in [0.15, 0.2) is 0 Å². The van der Waals surface area contributed by atoms with Crippen LogP contribution in [0.25, 0.3) is 0 Å². The Labute approximate surface area is 112 Å². The molecule has 2 atom stereocenters. The molecule has 2 saturated heterocycles. The molecule has 3 heterocycles. The number of hydrogen-bond donors (Lipinski definition) is 1. The van der Waals surface area contributed by atoms with Crippen molar-refractivity contribution in [1.29, 1.82) is 0 Å². The second-order valence-corrected chi connectivity index (χ2v) is 5.47. The average molecular weight is 264 g/mol. The molecule has 0 saturated carbocycles. The van der Waals surface area contributed by atoms with Crippen molar-refractivity contribution in [2.45, 2.75) is 51.2 Å². The lowest BCUT2D eigenvalue weighted by Crippen LogP contribution is -2.39. The van der Waals surface area contributed by atoms with Crippen LogP contribution in [0, 0.1) is 6.92 Å². The summed E-state index contributed by atoms with van der Waals surface area (Å²) < 4.78 is 1.68. The topological polar surface area (TPSA) is 75.9 Å². The van der Waals surface area contributed by atoms with Crippen molar-refractivity contribution in [3.05, 3.63) is 5.82 Å². The third-order valence-electron chi connectivity index (χ3n) is 4.12. The zero-order valence-electron chi connectivity index (χ0n) is 11.2. The van der Waals surface area contributed by atoms with Gasteiger partial charge in [0.2, 0.25) is 5.91 Å². The third kappa shape index (κ3) is 2.75. The quantitative estimate of drug-likeness (QED) is 0.813. The van der Waals surface area contributed by atoms with Gasteiger partial charge in [0.1, 0.15) is 5.82 Å². The fourth-order valence-corrected chi connectivity index (χ4v) is 2.99. The zero-order valence-corrected chi connectivity index (χ0v) is 11.2. The fourth-order valence-electron chi connectivity index (χ4n) is 2.99. The number of rotatable bonds is 3. The number of aryl methyl sites for hydroxylation is 2. The average Bonchev–Trinajstić information content (AvgIpc) is 2.92. The molecule has 1 amide bonds. The van der Waals surface area contributed by atoms with Crippen molar-refractivity contribution in [2.75, 3.05) is 13.1 Å². The lowest BCUT2D eigenvalue weighted by atomic mass is 10.1. The molecule has 7 heteroatoms. The predicted octanol–water partition coefficient (Wildman–Crippen LogP) is -0.275. The number of tetrazole rings is 1. The minimum Gasteiger partial charge on any atom is -0.341 e. The summed E-state index contributed by atoms with van der Waals surface area (Å²) in [6, 6.07) is 1.11. The van der Waals surface area contributed by atoms with E-state index in [1.54, 1.807) is 4.68 Å². The van der Waals surface area contributed by atoms with Gasteiger partial charge in [-0.1, -0.05) is 0 Å². The molecular weight excluding hydrogens is 244 g/mol. The van der Waals surface area contributed by atoms with Gasteiger partial charge in [0.05, 0.1) is 6.54 Å². The maximum Gasteiger partial charge on any atom is 0.224 e. The first kappa shape index (κ1) is 12.5. The molecular formula is C12H20N6O. The van der Waals surface area contributed by atoms with Crippen LogP contribution in [0.4, 0.5) is 0 Å². The van der Waals surface area contributed by atoms with Crippen LogP contribution >= 0.6 is 0 Å². The van der Waals surface area contributed by atoms with Crippen LogP contribution in [0.15, 0.2) is 0 Å². The summed E-state index contributed by atoms with van der Waals surface area (Å²) in [7, 11) is 0. The van der Waals surface area contributed by atoms with E-state index < -0.39 is 0 Å². The van der Waals surface area contributed by atoms with Gasteiger partial charge in [-0.15, -0.1) is 5.10 Å². The van der Waals surface area contributed by atoms with Crippen LogP contribution < -0.4 is 5.32 Å². The van der Waals surface area contributed by atoms with Gasteiger partial charge in [0.25, 0.3) is 0 Å². The van der Waals surface area contributed by atoms with Crippen molar-refractivity contribution in [3.63, 3.8) is 0 Å². The molecule has 0 spiro atoms. The van der Waals surface area contributed by atoms with Gasteiger partial charge in [-0.25, -0.2) is 4.68 Å². The normalized spacial score (nSPS) is 26.5. The Hall–Kier alpha value is -1.50. The zero-order chi connectivity index (χ0) is 13.2. The van der Waals surface area contributed by atoms with E-state index in [0.29, 0.717) is 25.0 Å². The Morgan fingerprint density at radius 3 is 3.00 bits per heavy atom. The monoisotopic (exact) mass is 264 g/mol. The van der Waals surface area contributed by atoms with Gasteiger partial charge < -0.3 is 10.2 Å². The van der Waals surface area contributed by atoms with E-state index in [1.807, 2.05) is 11.8 Å². The van der Waals surface area contributed by atoms with Crippen molar-refractivity contribution < 1.29 is 4.79 Å². The molecule has 1 aromatic heterocycles. The summed E-state index contributed by atoms with van der Waals surface area (Å²) in [5, 5.41) is 14.9. The summed E-state index contributed by atoms with van der Waals surface area (Å²) in [4.78, 5) is 14.2. The summed E-state index contributed by atoms with van der Waals surface area (Å²) >= 11 is 0. The lowest BCUT2D eigenvalue weighted by Gasteiger charge is -2.24. The summed E-state index contributed by atoms with van der Waals surface area (Å²) in [5.74, 6) is 0.966. The van der Waals surface area contributed by atoms with Gasteiger partial charge >= 0.3 is 0 Å². The van der Waals surface area contributed by atoms with Gasteiger partial charge in [-0.3, -0.25) is 4.79 Å². The minimum absolute atomic E-state index is 0.212. The van der Waals surface area contributed by atoms with Crippen LogP contribution in [0.2, 0.25) is 0 Å². The number of likely N-dealkylation sites (tertiary alicyclic amines) is 1. The second kappa shape index (κ2) is 5.24. The molecule has 0 unspecified atom stereocenters. The first-order chi connectivity index (χ1) is 9.22. The van der Waals surface area contributed by atoms with Crippen LogP contribution in [0.3, 0.4) is 0 Å². The number of hydrogen-bond acceptors (Lipinski definition) is 5. The summed E-state index contributed by atoms with van der Waals surface area (Å²) in [6.07, 6.45) is 4.01. The van der Waals surface area contributed by atoms with Crippen LogP contribution in [0.5, 0.6) is 0 Å². The van der Waals surface area contributed by atoms with Gasteiger partial charge in [-0.2, -0.15) is 0 Å². The Bertz CT molecular complexity index is 459. The standard InChI is InChI=1S/C12H20N6O/c1-9-14-15-16-18(9)7-5-12(19)17-6-4-10-2-3-11(8-17)13-10/h10-11,13H,2-8H2,1H3/t10-,11+/m1/s1. The molecule has 2 bridgehead atoms. The number of carbonyl (C=O) groups excluding carboxylic acids is 1. The number of amides is 1. The highest BCUT2D eigenvalue weighted by atomic mass is 16.2. The van der Waals surface area contributed by atoms with E-state index >= 15 is 0 Å². The van der Waals surface area contributed by atoms with Gasteiger partial charge in [0, 0.05) is 31.6 Å². The number of nitrogens with one attached hydrogen (secondary N) is 1. The van der Waals surface area contributed by atoms with E-state index in [4.69, 9.17) is 0 Å². The molecule has 0 radical (unpaired) electrons. The Morgan fingerprint density at radius 1 is 1.37 bits per heavy atom. The highest BCUT2D eigenvalue weighted by molar-refractivity contribution is 5.76. The van der Waals surface area contributed by atoms with E-state index in [-0.39, 0.29) is 5.91 Å². The minimum atomic E-state index is 0.212. The second-order valence-electron chi connectivity index (χ2n) is 5.47. The van der Waals surface area contributed by atoms with E-state index in [9.17, 15) is 4.79 Å². The molecule has 2 aliphatic rings. The first-order valence-electron chi connectivity index (χ1n) is 6.99. The molecule has 19 heavy (non-hydrogen) atoms. The van der Waals surface area contributed by atoms with Gasteiger partial charge in [-0.05, 0) is 36.6 Å². The molecule has 0 aliphatic carbocycles. The van der Waals surface area contributed by atoms with Crippen molar-refractivity contribution in [3.8, 4) is 0 Å². The molecule has 2 fully saturated rings. The maximum atomic E-state index is 12.2. The highest BCUT2D eigenvalue weighted by Crippen LogP contribution is 2.20. The Balaban J connectivity index is 1.54. The first-order valence-corrected chi connectivity index (χ1v) is 6.99. The van der Waals surface area contributed by atoms with Crippen LogP contribution in [-0.4, -0.2) is 56.2 Å². The number of aromatic nitrogens is 4.